The quantitative estimate of drug-likeness (QED) is 0.535. The summed E-state index contributed by atoms with van der Waals surface area (Å²) in [6, 6.07) is 0.598. The van der Waals surface area contributed by atoms with Gasteiger partial charge >= 0.3 is 0 Å². The van der Waals surface area contributed by atoms with Crippen LogP contribution in [0.25, 0.3) is 0 Å². The highest BCUT2D eigenvalue weighted by Gasteiger charge is 2.34. The van der Waals surface area contributed by atoms with E-state index in [4.69, 9.17) is 25.8 Å². The molecule has 0 aromatic heterocycles. The van der Waals surface area contributed by atoms with Crippen molar-refractivity contribution in [3.63, 3.8) is 0 Å². The minimum atomic E-state index is -0.185. The highest BCUT2D eigenvalue weighted by molar-refractivity contribution is 6.22. The first-order valence-electron chi connectivity index (χ1n) is 8.92. The largest absolute Gasteiger partial charge is 0.486 e. The fourth-order valence-corrected chi connectivity index (χ4v) is 3.16. The number of hydrogen-bond acceptors (Lipinski definition) is 4. The summed E-state index contributed by atoms with van der Waals surface area (Å²) in [4.78, 5) is 0. The molecule has 4 nitrogen and oxygen atoms in total. The maximum Gasteiger partial charge on any atom is 0.127 e. The number of nitrogens with one attached hydrogen (secondary N) is 1. The van der Waals surface area contributed by atoms with Crippen molar-refractivity contribution < 1.29 is 14.2 Å². The normalized spacial score (nSPS) is 29.4. The highest BCUT2D eigenvalue weighted by Crippen LogP contribution is 2.36. The molecule has 3 aliphatic rings. The van der Waals surface area contributed by atoms with Crippen LogP contribution < -0.4 is 5.32 Å². The van der Waals surface area contributed by atoms with Gasteiger partial charge < -0.3 is 19.5 Å². The Morgan fingerprint density at radius 3 is 2.71 bits per heavy atom. The fourth-order valence-electron chi connectivity index (χ4n) is 2.89. The average molecular weight is 354 g/mol. The molecule has 2 aliphatic carbocycles. The van der Waals surface area contributed by atoms with Crippen molar-refractivity contribution in [1.29, 1.82) is 0 Å². The molecule has 3 atom stereocenters. The molecule has 3 rings (SSSR count). The van der Waals surface area contributed by atoms with Crippen LogP contribution in [0.3, 0.4) is 0 Å². The Kier molecular flexibility index (Phi) is 5.90. The second-order valence-electron chi connectivity index (χ2n) is 7.06. The van der Waals surface area contributed by atoms with Crippen LogP contribution >= 0.6 is 11.6 Å². The molecule has 1 N–H and O–H groups in total. The van der Waals surface area contributed by atoms with Crippen molar-refractivity contribution in [2.24, 2.45) is 5.92 Å². The van der Waals surface area contributed by atoms with E-state index in [1.807, 2.05) is 6.08 Å². The maximum absolute atomic E-state index is 6.54. The van der Waals surface area contributed by atoms with Gasteiger partial charge in [-0.25, -0.2) is 0 Å². The lowest BCUT2D eigenvalue weighted by Gasteiger charge is -2.34. The number of rotatable bonds is 8. The molecule has 3 unspecified atom stereocenters. The number of hydrogen-bond donors (Lipinski definition) is 1. The van der Waals surface area contributed by atoms with E-state index in [0.717, 1.165) is 23.5 Å². The van der Waals surface area contributed by atoms with Crippen molar-refractivity contribution in [3.8, 4) is 0 Å². The molecular formula is C19H28ClNO3. The first-order chi connectivity index (χ1) is 11.6. The van der Waals surface area contributed by atoms with E-state index >= 15 is 0 Å². The lowest BCUT2D eigenvalue weighted by Crippen LogP contribution is -2.34. The summed E-state index contributed by atoms with van der Waals surface area (Å²) in [7, 11) is 1.70. The Morgan fingerprint density at radius 1 is 1.25 bits per heavy atom. The van der Waals surface area contributed by atoms with Crippen LogP contribution in [0.15, 0.2) is 35.3 Å². The van der Waals surface area contributed by atoms with E-state index in [0.29, 0.717) is 25.2 Å². The molecule has 1 heterocycles. The molecule has 0 bridgehead atoms. The van der Waals surface area contributed by atoms with Crippen LogP contribution in [0, 0.1) is 5.92 Å². The topological polar surface area (TPSA) is 39.7 Å². The molecular weight excluding hydrogens is 326 g/mol. The number of halogens is 1. The highest BCUT2D eigenvalue weighted by atomic mass is 35.5. The first kappa shape index (κ1) is 17.8. The lowest BCUT2D eigenvalue weighted by atomic mass is 9.93. The van der Waals surface area contributed by atoms with E-state index in [2.05, 4.69) is 31.3 Å². The molecule has 0 aromatic carbocycles. The molecule has 0 spiro atoms. The minimum Gasteiger partial charge on any atom is -0.486 e. The zero-order valence-corrected chi connectivity index (χ0v) is 15.5. The third kappa shape index (κ3) is 4.35. The van der Waals surface area contributed by atoms with Crippen LogP contribution in [0.5, 0.6) is 0 Å². The van der Waals surface area contributed by atoms with Gasteiger partial charge in [0.05, 0.1) is 11.5 Å². The lowest BCUT2D eigenvalue weighted by molar-refractivity contribution is 0.0590. The standard InChI is InChI=1S/C19H28ClNO3/c1-12(2)17-10-16(21-13-5-6-13)14-9-15(20)19(11-18(14)24-17)23-8-4-7-22-3/h9-13,15,17,19,21H,4-8H2,1-3H3. The fraction of sp³-hybridized carbons (Fsp3) is 0.684. The summed E-state index contributed by atoms with van der Waals surface area (Å²) >= 11 is 6.54. The van der Waals surface area contributed by atoms with Crippen molar-refractivity contribution in [1.82, 2.24) is 5.32 Å². The van der Waals surface area contributed by atoms with E-state index in [1.165, 1.54) is 12.8 Å². The second kappa shape index (κ2) is 7.94. The predicted octanol–water partition coefficient (Wildman–Crippen LogP) is 3.53. The molecule has 134 valence electrons. The van der Waals surface area contributed by atoms with Crippen molar-refractivity contribution >= 4 is 11.6 Å². The Bertz CT molecular complexity index is 537. The van der Waals surface area contributed by atoms with Crippen LogP contribution in [0.4, 0.5) is 0 Å². The number of fused-ring (bicyclic) bond motifs is 1. The Morgan fingerprint density at radius 2 is 2.04 bits per heavy atom. The predicted molar refractivity (Wildman–Crippen MR) is 96.0 cm³/mol. The van der Waals surface area contributed by atoms with Gasteiger partial charge in [0.25, 0.3) is 0 Å². The number of alkyl halides is 1. The van der Waals surface area contributed by atoms with E-state index in [-0.39, 0.29) is 17.6 Å². The van der Waals surface area contributed by atoms with Crippen LogP contribution in [-0.2, 0) is 14.2 Å². The zero-order chi connectivity index (χ0) is 17.1. The summed E-state index contributed by atoms with van der Waals surface area (Å²) < 4.78 is 17.2. The monoisotopic (exact) mass is 353 g/mol. The summed E-state index contributed by atoms with van der Waals surface area (Å²) in [5, 5.41) is 3.44. The van der Waals surface area contributed by atoms with Gasteiger partial charge in [0, 0.05) is 37.6 Å². The van der Waals surface area contributed by atoms with Gasteiger partial charge in [0.2, 0.25) is 0 Å². The Balaban J connectivity index is 1.73. The van der Waals surface area contributed by atoms with Gasteiger partial charge in [-0.15, -0.1) is 11.6 Å². The van der Waals surface area contributed by atoms with Crippen molar-refractivity contribution in [3.05, 3.63) is 35.3 Å². The molecule has 0 aromatic rings. The van der Waals surface area contributed by atoms with E-state index in [9.17, 15) is 0 Å². The van der Waals surface area contributed by atoms with Crippen LogP contribution in [0.2, 0.25) is 0 Å². The van der Waals surface area contributed by atoms with E-state index < -0.39 is 0 Å². The second-order valence-corrected chi connectivity index (χ2v) is 7.57. The molecule has 0 radical (unpaired) electrons. The Labute approximate surface area is 149 Å². The summed E-state index contributed by atoms with van der Waals surface area (Å²) in [5.74, 6) is 1.31. The van der Waals surface area contributed by atoms with Gasteiger partial charge in [0.1, 0.15) is 11.9 Å². The van der Waals surface area contributed by atoms with Gasteiger partial charge in [0.15, 0.2) is 0 Å². The summed E-state index contributed by atoms with van der Waals surface area (Å²) in [6.07, 6.45) is 9.58. The zero-order valence-electron chi connectivity index (χ0n) is 14.8. The SMILES string of the molecule is COCCCOC1C=C2OC(C(C)C)C=C(NC3CC3)C2=CC1Cl. The summed E-state index contributed by atoms with van der Waals surface area (Å²) in [6.45, 7) is 5.68. The average Bonchev–Trinajstić information content (AvgIpc) is 3.36. The first-order valence-corrected chi connectivity index (χ1v) is 9.36. The molecule has 5 heteroatoms. The van der Waals surface area contributed by atoms with Crippen molar-refractivity contribution in [2.45, 2.75) is 56.7 Å². The minimum absolute atomic E-state index is 0.0793. The molecule has 1 saturated carbocycles. The summed E-state index contributed by atoms with van der Waals surface area (Å²) in [5.41, 5.74) is 2.24. The van der Waals surface area contributed by atoms with Crippen LogP contribution in [-0.4, -0.2) is 44.0 Å². The van der Waals surface area contributed by atoms with Crippen LogP contribution in [0.1, 0.15) is 33.1 Å². The van der Waals surface area contributed by atoms with Crippen molar-refractivity contribution in [2.75, 3.05) is 20.3 Å². The Hall–Kier alpha value is -0.970. The van der Waals surface area contributed by atoms with Gasteiger partial charge in [-0.1, -0.05) is 19.9 Å². The number of ether oxygens (including phenoxy) is 3. The third-order valence-corrected chi connectivity index (χ3v) is 4.88. The smallest absolute Gasteiger partial charge is 0.127 e. The maximum atomic E-state index is 6.54. The number of methoxy groups -OCH3 is 1. The van der Waals surface area contributed by atoms with Gasteiger partial charge in [-0.05, 0) is 37.3 Å². The molecule has 24 heavy (non-hydrogen) atoms. The molecule has 0 saturated heterocycles. The van der Waals surface area contributed by atoms with Gasteiger partial charge in [-0.2, -0.15) is 0 Å². The van der Waals surface area contributed by atoms with Gasteiger partial charge in [-0.3, -0.25) is 0 Å². The third-order valence-electron chi connectivity index (χ3n) is 4.50. The molecule has 1 aliphatic heterocycles. The molecule has 0 amide bonds. The molecule has 1 fully saturated rings. The van der Waals surface area contributed by atoms with E-state index in [1.54, 1.807) is 7.11 Å².